The fraction of sp³-hybridized carbons (Fsp3) is 0.667. The number of hydrogen-bond acceptors (Lipinski definition) is 3. The lowest BCUT2D eigenvalue weighted by molar-refractivity contribution is 0.198. The zero-order valence-electron chi connectivity index (χ0n) is 14.0. The Morgan fingerprint density at radius 2 is 2.05 bits per heavy atom. The smallest absolute Gasteiger partial charge is 0.123 e. The lowest BCUT2D eigenvalue weighted by Gasteiger charge is -2.28. The van der Waals surface area contributed by atoms with Gasteiger partial charge in [-0.05, 0) is 51.1 Å². The van der Waals surface area contributed by atoms with Gasteiger partial charge >= 0.3 is 0 Å². The van der Waals surface area contributed by atoms with Gasteiger partial charge in [0, 0.05) is 24.2 Å². The molecule has 1 N–H and O–H groups in total. The first-order chi connectivity index (χ1) is 10.2. The fourth-order valence-corrected chi connectivity index (χ4v) is 3.35. The van der Waals surface area contributed by atoms with Crippen LogP contribution >= 0.6 is 0 Å². The van der Waals surface area contributed by atoms with Crippen LogP contribution in [0.15, 0.2) is 18.2 Å². The molecule has 2 rings (SSSR count). The summed E-state index contributed by atoms with van der Waals surface area (Å²) in [6, 6.07) is 7.70. The number of nitrogens with zero attached hydrogens (tertiary/aromatic N) is 1. The Morgan fingerprint density at radius 1 is 1.33 bits per heavy atom. The van der Waals surface area contributed by atoms with Crippen molar-refractivity contribution in [3.05, 3.63) is 29.3 Å². The van der Waals surface area contributed by atoms with Gasteiger partial charge in [0.05, 0.1) is 7.11 Å². The third-order valence-electron chi connectivity index (χ3n) is 4.86. The third kappa shape index (κ3) is 3.98. The minimum Gasteiger partial charge on any atom is -0.496 e. The molecular weight excluding hydrogens is 260 g/mol. The lowest BCUT2D eigenvalue weighted by atomic mass is 10.0. The van der Waals surface area contributed by atoms with Crippen LogP contribution in [0.25, 0.3) is 0 Å². The number of benzene rings is 1. The summed E-state index contributed by atoms with van der Waals surface area (Å²) in [6.07, 6.45) is 5.47. The SMILES string of the molecule is CCN(Cc1cc(C(C)NC)ccc1OC)C1CCCC1. The van der Waals surface area contributed by atoms with Crippen LogP contribution in [0.4, 0.5) is 0 Å². The zero-order chi connectivity index (χ0) is 15.2. The molecule has 118 valence electrons. The average Bonchev–Trinajstić information content (AvgIpc) is 3.05. The van der Waals surface area contributed by atoms with Gasteiger partial charge < -0.3 is 10.1 Å². The topological polar surface area (TPSA) is 24.5 Å². The molecule has 0 radical (unpaired) electrons. The van der Waals surface area contributed by atoms with Crippen LogP contribution < -0.4 is 10.1 Å². The van der Waals surface area contributed by atoms with Crippen molar-refractivity contribution in [2.45, 2.75) is 58.2 Å². The number of rotatable bonds is 7. The highest BCUT2D eigenvalue weighted by molar-refractivity contribution is 5.38. The van der Waals surface area contributed by atoms with Gasteiger partial charge in [-0.2, -0.15) is 0 Å². The van der Waals surface area contributed by atoms with Gasteiger partial charge in [0.1, 0.15) is 5.75 Å². The third-order valence-corrected chi connectivity index (χ3v) is 4.86. The Balaban J connectivity index is 2.19. The van der Waals surface area contributed by atoms with E-state index >= 15 is 0 Å². The Kier molecular flexibility index (Phi) is 6.07. The Labute approximate surface area is 129 Å². The average molecular weight is 290 g/mol. The molecule has 3 heteroatoms. The molecule has 1 aliphatic rings. The number of nitrogens with one attached hydrogen (secondary N) is 1. The molecule has 1 saturated carbocycles. The lowest BCUT2D eigenvalue weighted by Crippen LogP contribution is -2.32. The van der Waals surface area contributed by atoms with E-state index in [9.17, 15) is 0 Å². The summed E-state index contributed by atoms with van der Waals surface area (Å²) in [5, 5.41) is 3.31. The van der Waals surface area contributed by atoms with E-state index in [1.165, 1.54) is 36.8 Å². The van der Waals surface area contributed by atoms with Crippen LogP contribution in [0.3, 0.4) is 0 Å². The fourth-order valence-electron chi connectivity index (χ4n) is 3.35. The van der Waals surface area contributed by atoms with Gasteiger partial charge in [0.2, 0.25) is 0 Å². The normalized spacial score (nSPS) is 17.4. The first-order valence-corrected chi connectivity index (χ1v) is 8.27. The molecule has 0 aliphatic heterocycles. The summed E-state index contributed by atoms with van der Waals surface area (Å²) in [7, 11) is 3.78. The quantitative estimate of drug-likeness (QED) is 0.828. The molecule has 1 unspecified atom stereocenters. The highest BCUT2D eigenvalue weighted by atomic mass is 16.5. The van der Waals surface area contributed by atoms with Gasteiger partial charge in [0.15, 0.2) is 0 Å². The molecule has 1 aliphatic carbocycles. The van der Waals surface area contributed by atoms with E-state index in [4.69, 9.17) is 4.74 Å². The maximum atomic E-state index is 5.57. The molecule has 1 atom stereocenters. The standard InChI is InChI=1S/C18H30N2O/c1-5-20(17-8-6-7-9-17)13-16-12-15(14(2)19-3)10-11-18(16)21-4/h10-12,14,17,19H,5-9,13H2,1-4H3. The van der Waals surface area contributed by atoms with E-state index in [-0.39, 0.29) is 0 Å². The van der Waals surface area contributed by atoms with Crippen molar-refractivity contribution in [1.29, 1.82) is 0 Å². The number of ether oxygens (including phenoxy) is 1. The van der Waals surface area contributed by atoms with Crippen LogP contribution in [-0.4, -0.2) is 31.6 Å². The minimum atomic E-state index is 0.371. The van der Waals surface area contributed by atoms with Crippen LogP contribution in [0.2, 0.25) is 0 Å². The first-order valence-electron chi connectivity index (χ1n) is 8.27. The molecular formula is C18H30N2O. The summed E-state index contributed by atoms with van der Waals surface area (Å²) in [5.74, 6) is 1.01. The molecule has 0 bridgehead atoms. The molecule has 21 heavy (non-hydrogen) atoms. The van der Waals surface area contributed by atoms with Crippen molar-refractivity contribution < 1.29 is 4.74 Å². The second-order valence-electron chi connectivity index (χ2n) is 6.08. The van der Waals surface area contributed by atoms with Gasteiger partial charge in [-0.25, -0.2) is 0 Å². The van der Waals surface area contributed by atoms with Crippen molar-refractivity contribution in [3.63, 3.8) is 0 Å². The molecule has 0 aromatic heterocycles. The Bertz CT molecular complexity index is 441. The monoisotopic (exact) mass is 290 g/mol. The van der Waals surface area contributed by atoms with E-state index in [0.29, 0.717) is 6.04 Å². The Hall–Kier alpha value is -1.06. The second kappa shape index (κ2) is 7.81. The van der Waals surface area contributed by atoms with Gasteiger partial charge in [0.25, 0.3) is 0 Å². The van der Waals surface area contributed by atoms with E-state index in [1.807, 2.05) is 7.05 Å². The number of methoxy groups -OCH3 is 1. The highest BCUT2D eigenvalue weighted by Crippen LogP contribution is 2.29. The summed E-state index contributed by atoms with van der Waals surface area (Å²) in [4.78, 5) is 2.61. The van der Waals surface area contributed by atoms with Gasteiger partial charge in [-0.15, -0.1) is 0 Å². The van der Waals surface area contributed by atoms with Crippen LogP contribution in [0.5, 0.6) is 5.75 Å². The molecule has 1 aromatic carbocycles. The van der Waals surface area contributed by atoms with E-state index in [1.54, 1.807) is 7.11 Å². The summed E-state index contributed by atoms with van der Waals surface area (Å²) >= 11 is 0. The molecule has 1 fully saturated rings. The molecule has 3 nitrogen and oxygen atoms in total. The van der Waals surface area contributed by atoms with Crippen LogP contribution in [0.1, 0.15) is 56.7 Å². The molecule has 0 saturated heterocycles. The summed E-state index contributed by atoms with van der Waals surface area (Å²) < 4.78 is 5.57. The van der Waals surface area contributed by atoms with Crippen molar-refractivity contribution in [1.82, 2.24) is 10.2 Å². The summed E-state index contributed by atoms with van der Waals surface area (Å²) in [6.45, 7) is 6.57. The molecule has 0 amide bonds. The number of hydrogen-bond donors (Lipinski definition) is 1. The van der Waals surface area contributed by atoms with Crippen molar-refractivity contribution in [2.24, 2.45) is 0 Å². The van der Waals surface area contributed by atoms with Crippen molar-refractivity contribution >= 4 is 0 Å². The van der Waals surface area contributed by atoms with E-state index < -0.39 is 0 Å². The second-order valence-corrected chi connectivity index (χ2v) is 6.08. The Morgan fingerprint density at radius 3 is 2.62 bits per heavy atom. The van der Waals surface area contributed by atoms with Crippen LogP contribution in [0, 0.1) is 0 Å². The van der Waals surface area contributed by atoms with E-state index in [2.05, 4.69) is 42.3 Å². The van der Waals surface area contributed by atoms with Crippen molar-refractivity contribution in [2.75, 3.05) is 20.7 Å². The predicted octanol–water partition coefficient (Wildman–Crippen LogP) is 3.74. The van der Waals surface area contributed by atoms with Gasteiger partial charge in [-0.3, -0.25) is 4.90 Å². The first kappa shape index (κ1) is 16.3. The zero-order valence-corrected chi connectivity index (χ0v) is 14.0. The maximum absolute atomic E-state index is 5.57. The summed E-state index contributed by atoms with van der Waals surface area (Å²) in [5.41, 5.74) is 2.64. The molecule has 0 heterocycles. The molecule has 0 spiro atoms. The highest BCUT2D eigenvalue weighted by Gasteiger charge is 2.22. The van der Waals surface area contributed by atoms with E-state index in [0.717, 1.165) is 24.9 Å². The molecule has 1 aromatic rings. The minimum absolute atomic E-state index is 0.371. The van der Waals surface area contributed by atoms with Gasteiger partial charge in [-0.1, -0.05) is 25.8 Å². The predicted molar refractivity (Wildman–Crippen MR) is 88.8 cm³/mol. The maximum Gasteiger partial charge on any atom is 0.123 e. The van der Waals surface area contributed by atoms with Crippen LogP contribution in [-0.2, 0) is 6.54 Å². The largest absolute Gasteiger partial charge is 0.496 e. The van der Waals surface area contributed by atoms with Crippen molar-refractivity contribution in [3.8, 4) is 5.75 Å².